The summed E-state index contributed by atoms with van der Waals surface area (Å²) >= 11 is 0. The lowest BCUT2D eigenvalue weighted by Crippen LogP contribution is -2.51. The molecule has 3 rings (SSSR count). The Morgan fingerprint density at radius 2 is 1.62 bits per heavy atom. The molecule has 2 atom stereocenters. The molecule has 10 heteroatoms. The highest BCUT2D eigenvalue weighted by atomic mass is 32.2. The number of nitrogens with one attached hydrogen (secondary N) is 1. The van der Waals surface area contributed by atoms with Crippen molar-refractivity contribution in [2.24, 2.45) is 5.92 Å². The average molecular weight is 531 g/mol. The molecule has 0 aromatic heterocycles. The Labute approximate surface area is 216 Å². The number of carbonyl (C=O) groups excluding carboxylic acids is 1. The summed E-state index contributed by atoms with van der Waals surface area (Å²) in [7, 11) is -4.08. The maximum absolute atomic E-state index is 13.4. The lowest BCUT2D eigenvalue weighted by atomic mass is 10.00. The van der Waals surface area contributed by atoms with Gasteiger partial charge in [-0.05, 0) is 54.3 Å². The molecule has 0 radical (unpaired) electrons. The highest BCUT2D eigenvalue weighted by Crippen LogP contribution is 2.23. The van der Waals surface area contributed by atoms with Crippen molar-refractivity contribution in [2.45, 2.75) is 37.3 Å². The molecule has 0 fully saturated rings. The van der Waals surface area contributed by atoms with E-state index in [-0.39, 0.29) is 41.6 Å². The molecule has 0 saturated carbocycles. The Bertz CT molecular complexity index is 1300. The monoisotopic (exact) mass is 530 g/mol. The second-order valence-corrected chi connectivity index (χ2v) is 11.1. The molecule has 8 nitrogen and oxygen atoms in total. The second kappa shape index (κ2) is 12.2. The van der Waals surface area contributed by atoms with Gasteiger partial charge in [0, 0.05) is 19.2 Å². The number of amides is 1. The summed E-state index contributed by atoms with van der Waals surface area (Å²) in [5.74, 6) is -2.01. The maximum atomic E-state index is 13.4. The molecule has 3 aromatic rings. The van der Waals surface area contributed by atoms with Crippen LogP contribution in [0.15, 0.2) is 77.7 Å². The van der Waals surface area contributed by atoms with Gasteiger partial charge in [-0.3, -0.25) is 4.79 Å². The zero-order valence-corrected chi connectivity index (χ0v) is 21.4. The van der Waals surface area contributed by atoms with Crippen LogP contribution in [0.4, 0.5) is 4.39 Å². The summed E-state index contributed by atoms with van der Waals surface area (Å²) in [5, 5.41) is 33.6. The van der Waals surface area contributed by atoms with E-state index < -0.39 is 39.6 Å². The Morgan fingerprint density at radius 3 is 2.22 bits per heavy atom. The number of halogens is 1. The fourth-order valence-corrected chi connectivity index (χ4v) is 5.50. The number of nitrogens with zero attached hydrogens (tertiary/aromatic N) is 1. The first-order chi connectivity index (χ1) is 17.5. The molecular formula is C27H31FN2O6S. The predicted molar refractivity (Wildman–Crippen MR) is 137 cm³/mol. The lowest BCUT2D eigenvalue weighted by Gasteiger charge is -2.31. The molecule has 0 unspecified atom stereocenters. The molecule has 0 bridgehead atoms. The van der Waals surface area contributed by atoms with E-state index in [0.717, 1.165) is 28.1 Å². The van der Waals surface area contributed by atoms with Crippen LogP contribution in [0, 0.1) is 11.7 Å². The summed E-state index contributed by atoms with van der Waals surface area (Å²) in [6, 6.07) is 16.1. The SMILES string of the molecule is CC(C)CN(C[C@@H](O)[C@H](Cc1ccccc1)NC(=O)c1ccc(O)cc1O)S(=O)(=O)c1ccc(F)cc1. The minimum atomic E-state index is -4.08. The van der Waals surface area contributed by atoms with Gasteiger partial charge in [0.1, 0.15) is 17.3 Å². The van der Waals surface area contributed by atoms with E-state index in [2.05, 4.69) is 5.32 Å². The van der Waals surface area contributed by atoms with E-state index in [9.17, 15) is 32.9 Å². The van der Waals surface area contributed by atoms with E-state index in [4.69, 9.17) is 0 Å². The molecule has 3 aromatic carbocycles. The van der Waals surface area contributed by atoms with Gasteiger partial charge in [0.05, 0.1) is 22.6 Å². The first kappa shape index (κ1) is 28.1. The Morgan fingerprint density at radius 1 is 0.973 bits per heavy atom. The number of hydrogen-bond donors (Lipinski definition) is 4. The fourth-order valence-electron chi connectivity index (χ4n) is 3.88. The van der Waals surface area contributed by atoms with E-state index in [1.807, 2.05) is 32.0 Å². The third kappa shape index (κ3) is 7.51. The highest BCUT2D eigenvalue weighted by Gasteiger charge is 2.31. The zero-order chi connectivity index (χ0) is 27.2. The number of phenols is 2. The number of rotatable bonds is 11. The van der Waals surface area contributed by atoms with Gasteiger partial charge in [-0.1, -0.05) is 44.2 Å². The number of hydrogen-bond acceptors (Lipinski definition) is 6. The third-order valence-corrected chi connectivity index (χ3v) is 7.56. The standard InChI is InChI=1S/C27H31FN2O6S/c1-18(2)16-30(37(35,36)22-11-8-20(28)9-12-22)17-26(33)24(14-19-6-4-3-5-7-19)29-27(34)23-13-10-21(31)15-25(23)32/h3-13,15,18,24,26,31-33H,14,16-17H2,1-2H3,(H,29,34)/t24-,26+/m0/s1. The first-order valence-electron chi connectivity index (χ1n) is 11.8. The molecule has 0 spiro atoms. The van der Waals surface area contributed by atoms with Crippen LogP contribution in [0.1, 0.15) is 29.8 Å². The number of carbonyl (C=O) groups is 1. The van der Waals surface area contributed by atoms with Crippen LogP contribution in [0.25, 0.3) is 0 Å². The summed E-state index contributed by atoms with van der Waals surface area (Å²) in [6.45, 7) is 3.41. The summed E-state index contributed by atoms with van der Waals surface area (Å²) in [4.78, 5) is 12.9. The summed E-state index contributed by atoms with van der Waals surface area (Å²) in [5.41, 5.74) is 0.680. The van der Waals surface area contributed by atoms with Crippen LogP contribution in [0.2, 0.25) is 0 Å². The van der Waals surface area contributed by atoms with Crippen LogP contribution in [-0.4, -0.2) is 59.2 Å². The Hall–Kier alpha value is -3.47. The Balaban J connectivity index is 1.90. The van der Waals surface area contributed by atoms with Crippen molar-refractivity contribution in [1.82, 2.24) is 9.62 Å². The maximum Gasteiger partial charge on any atom is 0.255 e. The third-order valence-electron chi connectivity index (χ3n) is 5.72. The normalized spacial score (nSPS) is 13.5. The van der Waals surface area contributed by atoms with Crippen molar-refractivity contribution >= 4 is 15.9 Å². The van der Waals surface area contributed by atoms with Gasteiger partial charge >= 0.3 is 0 Å². The van der Waals surface area contributed by atoms with Gasteiger partial charge in [0.25, 0.3) is 5.91 Å². The molecule has 0 saturated heterocycles. The van der Waals surface area contributed by atoms with E-state index in [0.29, 0.717) is 0 Å². The van der Waals surface area contributed by atoms with E-state index >= 15 is 0 Å². The van der Waals surface area contributed by atoms with Crippen LogP contribution < -0.4 is 5.32 Å². The van der Waals surface area contributed by atoms with Crippen LogP contribution in [-0.2, 0) is 16.4 Å². The molecule has 0 aliphatic carbocycles. The topological polar surface area (TPSA) is 127 Å². The number of aliphatic hydroxyl groups is 1. The Kier molecular flexibility index (Phi) is 9.25. The highest BCUT2D eigenvalue weighted by molar-refractivity contribution is 7.89. The minimum absolute atomic E-state index is 0.0847. The molecule has 0 heterocycles. The molecule has 37 heavy (non-hydrogen) atoms. The van der Waals surface area contributed by atoms with Crippen molar-refractivity contribution in [1.29, 1.82) is 0 Å². The van der Waals surface area contributed by atoms with Crippen molar-refractivity contribution < 1.29 is 32.9 Å². The molecular weight excluding hydrogens is 499 g/mol. The van der Waals surface area contributed by atoms with Gasteiger partial charge in [-0.15, -0.1) is 0 Å². The van der Waals surface area contributed by atoms with Crippen molar-refractivity contribution in [2.75, 3.05) is 13.1 Å². The van der Waals surface area contributed by atoms with Gasteiger partial charge in [0.15, 0.2) is 0 Å². The summed E-state index contributed by atoms with van der Waals surface area (Å²) in [6.07, 6.45) is -1.16. The minimum Gasteiger partial charge on any atom is -0.508 e. The average Bonchev–Trinajstić information content (AvgIpc) is 2.83. The zero-order valence-electron chi connectivity index (χ0n) is 20.6. The van der Waals surface area contributed by atoms with Gasteiger partial charge in [-0.2, -0.15) is 4.31 Å². The number of sulfonamides is 1. The van der Waals surface area contributed by atoms with E-state index in [1.165, 1.54) is 24.3 Å². The lowest BCUT2D eigenvalue weighted by molar-refractivity contribution is 0.0773. The van der Waals surface area contributed by atoms with E-state index in [1.54, 1.807) is 12.1 Å². The van der Waals surface area contributed by atoms with Gasteiger partial charge < -0.3 is 20.6 Å². The quantitative estimate of drug-likeness (QED) is 0.301. The molecule has 1 amide bonds. The van der Waals surface area contributed by atoms with Crippen molar-refractivity contribution in [3.8, 4) is 11.5 Å². The molecule has 0 aliphatic rings. The summed E-state index contributed by atoms with van der Waals surface area (Å²) < 4.78 is 41.3. The van der Waals surface area contributed by atoms with Crippen molar-refractivity contribution in [3.05, 3.63) is 89.7 Å². The van der Waals surface area contributed by atoms with Crippen LogP contribution in [0.3, 0.4) is 0 Å². The largest absolute Gasteiger partial charge is 0.508 e. The van der Waals surface area contributed by atoms with Crippen LogP contribution >= 0.6 is 0 Å². The predicted octanol–water partition coefficient (Wildman–Crippen LogP) is 3.29. The fraction of sp³-hybridized carbons (Fsp3) is 0.296. The van der Waals surface area contributed by atoms with Gasteiger partial charge in [-0.25, -0.2) is 12.8 Å². The second-order valence-electron chi connectivity index (χ2n) is 9.21. The number of benzene rings is 3. The van der Waals surface area contributed by atoms with Gasteiger partial charge in [0.2, 0.25) is 10.0 Å². The molecule has 198 valence electrons. The number of aromatic hydroxyl groups is 2. The molecule has 0 aliphatic heterocycles. The molecule has 4 N–H and O–H groups in total. The number of aliphatic hydroxyl groups excluding tert-OH is 1. The van der Waals surface area contributed by atoms with Crippen molar-refractivity contribution in [3.63, 3.8) is 0 Å². The number of phenolic OH excluding ortho intramolecular Hbond substituents is 2. The first-order valence-corrected chi connectivity index (χ1v) is 13.2. The smallest absolute Gasteiger partial charge is 0.255 e. The van der Waals surface area contributed by atoms with Crippen LogP contribution in [0.5, 0.6) is 11.5 Å².